The lowest BCUT2D eigenvalue weighted by molar-refractivity contribution is 0.665. The molecule has 0 aliphatic rings. The lowest BCUT2D eigenvalue weighted by Gasteiger charge is -2.14. The molecule has 0 N–H and O–H groups in total. The highest BCUT2D eigenvalue weighted by atomic mass is 16.1. The maximum atomic E-state index is 12.7. The first-order valence-corrected chi connectivity index (χ1v) is 9.39. The number of rotatable bonds is 6. The van der Waals surface area contributed by atoms with Gasteiger partial charge in [0.15, 0.2) is 0 Å². The fourth-order valence-corrected chi connectivity index (χ4v) is 3.26. The van der Waals surface area contributed by atoms with Crippen LogP contribution in [0.25, 0.3) is 11.1 Å². The molecule has 4 nitrogen and oxygen atoms in total. The van der Waals surface area contributed by atoms with Crippen molar-refractivity contribution in [2.45, 2.75) is 32.7 Å². The van der Waals surface area contributed by atoms with Gasteiger partial charge >= 0.3 is 0 Å². The summed E-state index contributed by atoms with van der Waals surface area (Å²) in [6.07, 6.45) is 2.85. The Morgan fingerprint density at radius 3 is 2.29 bits per heavy atom. The van der Waals surface area contributed by atoms with Crippen LogP contribution in [-0.4, -0.2) is 4.57 Å². The van der Waals surface area contributed by atoms with Crippen molar-refractivity contribution in [1.82, 2.24) is 4.57 Å². The topological polar surface area (TPSA) is 69.6 Å². The van der Waals surface area contributed by atoms with E-state index in [1.165, 1.54) is 0 Å². The molecular formula is C24H21N3O. The molecule has 1 heterocycles. The summed E-state index contributed by atoms with van der Waals surface area (Å²) in [6, 6.07) is 23.1. The van der Waals surface area contributed by atoms with Crippen LogP contribution >= 0.6 is 0 Å². The first-order valence-electron chi connectivity index (χ1n) is 9.39. The summed E-state index contributed by atoms with van der Waals surface area (Å²) in [5.74, 6) is 0. The number of unbranched alkanes of at least 4 members (excludes halogenated alkanes) is 1. The number of aromatic nitrogens is 1. The zero-order chi connectivity index (χ0) is 19.9. The van der Waals surface area contributed by atoms with E-state index in [-0.39, 0.29) is 11.1 Å². The summed E-state index contributed by atoms with van der Waals surface area (Å²) in [6.45, 7) is 2.54. The molecule has 1 aromatic heterocycles. The highest BCUT2D eigenvalue weighted by Crippen LogP contribution is 2.23. The van der Waals surface area contributed by atoms with Crippen molar-refractivity contribution in [2.24, 2.45) is 0 Å². The summed E-state index contributed by atoms with van der Waals surface area (Å²) < 4.78 is 1.70. The molecule has 4 heteroatoms. The van der Waals surface area contributed by atoms with E-state index in [1.54, 1.807) is 16.7 Å². The standard InChI is InChI=1S/C24H21N3O/c1-2-3-7-22-14-13-21(16-26)24(28)27(22)17-18-9-11-19(12-10-18)23-8-5-4-6-20(23)15-25/h4-6,8-14H,2-3,7,17H2,1H3. The minimum absolute atomic E-state index is 0.166. The van der Waals surface area contributed by atoms with Crippen LogP contribution in [0.5, 0.6) is 0 Å². The number of hydrogen-bond acceptors (Lipinski definition) is 3. The van der Waals surface area contributed by atoms with Crippen molar-refractivity contribution < 1.29 is 0 Å². The maximum Gasteiger partial charge on any atom is 0.268 e. The molecule has 0 spiro atoms. The molecule has 0 unspecified atom stereocenters. The van der Waals surface area contributed by atoms with Crippen LogP contribution in [0, 0.1) is 22.7 Å². The zero-order valence-corrected chi connectivity index (χ0v) is 15.9. The Morgan fingerprint density at radius 1 is 0.893 bits per heavy atom. The van der Waals surface area contributed by atoms with Gasteiger partial charge in [0.05, 0.1) is 18.2 Å². The molecule has 0 saturated carbocycles. The SMILES string of the molecule is CCCCc1ccc(C#N)c(=O)n1Cc1ccc(-c2ccccc2C#N)cc1. The van der Waals surface area contributed by atoms with E-state index in [2.05, 4.69) is 13.0 Å². The van der Waals surface area contributed by atoms with E-state index in [0.717, 1.165) is 41.6 Å². The van der Waals surface area contributed by atoms with E-state index in [4.69, 9.17) is 0 Å². The third kappa shape index (κ3) is 4.03. The van der Waals surface area contributed by atoms with Gasteiger partial charge in [-0.3, -0.25) is 4.79 Å². The number of hydrogen-bond donors (Lipinski definition) is 0. The molecular weight excluding hydrogens is 346 g/mol. The monoisotopic (exact) mass is 367 g/mol. The van der Waals surface area contributed by atoms with Crippen LogP contribution in [0.1, 0.15) is 42.1 Å². The molecule has 0 amide bonds. The van der Waals surface area contributed by atoms with Crippen molar-refractivity contribution in [3.8, 4) is 23.3 Å². The summed E-state index contributed by atoms with van der Waals surface area (Å²) in [5.41, 5.74) is 4.34. The lowest BCUT2D eigenvalue weighted by atomic mass is 9.99. The molecule has 3 rings (SSSR count). The van der Waals surface area contributed by atoms with Gasteiger partial charge in [-0.05, 0) is 47.7 Å². The highest BCUT2D eigenvalue weighted by molar-refractivity contribution is 5.70. The summed E-state index contributed by atoms with van der Waals surface area (Å²) >= 11 is 0. The molecule has 2 aromatic carbocycles. The fourth-order valence-electron chi connectivity index (χ4n) is 3.26. The molecule has 0 radical (unpaired) electrons. The van der Waals surface area contributed by atoms with Crippen molar-refractivity contribution in [1.29, 1.82) is 10.5 Å². The third-order valence-corrected chi connectivity index (χ3v) is 4.82. The van der Waals surface area contributed by atoms with Gasteiger partial charge in [-0.2, -0.15) is 10.5 Å². The van der Waals surface area contributed by atoms with Crippen LogP contribution in [0.15, 0.2) is 65.5 Å². The molecule has 138 valence electrons. The first-order chi connectivity index (χ1) is 13.7. The van der Waals surface area contributed by atoms with E-state index in [9.17, 15) is 15.3 Å². The minimum atomic E-state index is -0.241. The Kier molecular flexibility index (Phi) is 6.04. The van der Waals surface area contributed by atoms with Gasteiger partial charge in [-0.15, -0.1) is 0 Å². The van der Waals surface area contributed by atoms with Gasteiger partial charge < -0.3 is 4.57 Å². The van der Waals surface area contributed by atoms with Crippen LogP contribution in [0.4, 0.5) is 0 Å². The van der Waals surface area contributed by atoms with Crippen molar-refractivity contribution in [3.63, 3.8) is 0 Å². The molecule has 0 atom stereocenters. The predicted molar refractivity (Wildman–Crippen MR) is 110 cm³/mol. The highest BCUT2D eigenvalue weighted by Gasteiger charge is 2.10. The van der Waals surface area contributed by atoms with Crippen molar-refractivity contribution >= 4 is 0 Å². The van der Waals surface area contributed by atoms with Gasteiger partial charge in [0.25, 0.3) is 5.56 Å². The van der Waals surface area contributed by atoms with E-state index >= 15 is 0 Å². The lowest BCUT2D eigenvalue weighted by Crippen LogP contribution is -2.26. The maximum absolute atomic E-state index is 12.7. The first kappa shape index (κ1) is 19.1. The van der Waals surface area contributed by atoms with E-state index in [0.29, 0.717) is 12.1 Å². The largest absolute Gasteiger partial charge is 0.307 e. The smallest absolute Gasteiger partial charge is 0.268 e. The number of nitrogens with zero attached hydrogens (tertiary/aromatic N) is 3. The molecule has 0 aliphatic heterocycles. The molecule has 0 aliphatic carbocycles. The average Bonchev–Trinajstić information content (AvgIpc) is 2.74. The molecule has 28 heavy (non-hydrogen) atoms. The van der Waals surface area contributed by atoms with Gasteiger partial charge in [0.1, 0.15) is 11.6 Å². The Labute approximate surface area is 164 Å². The number of pyridine rings is 1. The summed E-state index contributed by atoms with van der Waals surface area (Å²) in [5, 5.41) is 18.5. The quantitative estimate of drug-likeness (QED) is 0.637. The van der Waals surface area contributed by atoms with Crippen molar-refractivity contribution in [2.75, 3.05) is 0 Å². The Morgan fingerprint density at radius 2 is 1.61 bits per heavy atom. The van der Waals surface area contributed by atoms with Gasteiger partial charge in [-0.25, -0.2) is 0 Å². The molecule has 3 aromatic rings. The Bertz CT molecular complexity index is 1110. The van der Waals surface area contributed by atoms with E-state index < -0.39 is 0 Å². The number of aryl methyl sites for hydroxylation is 1. The molecule has 0 bridgehead atoms. The second kappa shape index (κ2) is 8.84. The summed E-state index contributed by atoms with van der Waals surface area (Å²) in [4.78, 5) is 12.7. The van der Waals surface area contributed by atoms with Crippen molar-refractivity contribution in [3.05, 3.63) is 93.4 Å². The van der Waals surface area contributed by atoms with Gasteiger partial charge in [0.2, 0.25) is 0 Å². The van der Waals surface area contributed by atoms with Crippen LogP contribution in [0.2, 0.25) is 0 Å². The third-order valence-electron chi connectivity index (χ3n) is 4.82. The average molecular weight is 367 g/mol. The second-order valence-corrected chi connectivity index (χ2v) is 6.70. The zero-order valence-electron chi connectivity index (χ0n) is 15.9. The fraction of sp³-hybridized carbons (Fsp3) is 0.208. The van der Waals surface area contributed by atoms with Gasteiger partial charge in [-0.1, -0.05) is 55.8 Å². The number of benzene rings is 2. The number of nitriles is 2. The molecule has 0 saturated heterocycles. The van der Waals surface area contributed by atoms with Crippen LogP contribution < -0.4 is 5.56 Å². The Hall–Kier alpha value is -3.63. The summed E-state index contributed by atoms with van der Waals surface area (Å²) in [7, 11) is 0. The van der Waals surface area contributed by atoms with E-state index in [1.807, 2.05) is 54.6 Å². The normalized spacial score (nSPS) is 10.2. The second-order valence-electron chi connectivity index (χ2n) is 6.70. The Balaban J connectivity index is 1.93. The molecule has 0 fully saturated rings. The van der Waals surface area contributed by atoms with Crippen LogP contribution in [0.3, 0.4) is 0 Å². The van der Waals surface area contributed by atoms with Crippen LogP contribution in [-0.2, 0) is 13.0 Å². The minimum Gasteiger partial charge on any atom is -0.307 e. The predicted octanol–water partition coefficient (Wildman–Crippen LogP) is 4.65. The van der Waals surface area contributed by atoms with Gasteiger partial charge in [0, 0.05) is 5.69 Å².